The van der Waals surface area contributed by atoms with Gasteiger partial charge < -0.3 is 0 Å². The van der Waals surface area contributed by atoms with Crippen molar-refractivity contribution in [1.82, 2.24) is 0 Å². The molecule has 0 spiro atoms. The van der Waals surface area contributed by atoms with Crippen LogP contribution in [-0.4, -0.2) is 5.92 Å². The van der Waals surface area contributed by atoms with E-state index in [0.717, 1.165) is 0 Å². The van der Waals surface area contributed by atoms with Gasteiger partial charge in [-0.2, -0.15) is 0 Å². The summed E-state index contributed by atoms with van der Waals surface area (Å²) in [6.07, 6.45) is 5.02. The molecule has 0 saturated carbocycles. The van der Waals surface area contributed by atoms with Gasteiger partial charge in [0.1, 0.15) is 0 Å². The molecule has 0 amide bonds. The Morgan fingerprint density at radius 3 is 1.50 bits per heavy atom. The second kappa shape index (κ2) is 7.06. The van der Waals surface area contributed by atoms with Crippen LogP contribution in [-0.2, 0) is 17.9 Å². The van der Waals surface area contributed by atoms with E-state index in [-0.39, 0.29) is 0 Å². The van der Waals surface area contributed by atoms with Crippen LogP contribution < -0.4 is 0 Å². The molecule has 0 heterocycles. The van der Waals surface area contributed by atoms with Gasteiger partial charge in [-0.05, 0) is 0 Å². The second-order valence-corrected chi connectivity index (χ2v) is 46.2. The quantitative estimate of drug-likeness (QED) is 0.393. The first kappa shape index (κ1) is 20.3. The van der Waals surface area contributed by atoms with E-state index >= 15 is 0 Å². The molecule has 2 aromatic rings. The molecule has 0 aliphatic heterocycles. The van der Waals surface area contributed by atoms with Crippen LogP contribution in [0.5, 0.6) is 0 Å². The van der Waals surface area contributed by atoms with Crippen molar-refractivity contribution < 1.29 is 17.9 Å². The summed E-state index contributed by atoms with van der Waals surface area (Å²) in [6, 6.07) is 21.4. The third-order valence-electron chi connectivity index (χ3n) is 8.39. The Kier molecular flexibility index (Phi) is 5.12. The summed E-state index contributed by atoms with van der Waals surface area (Å²) in [6.45, 7) is 9.87. The number of rotatable bonds is 5. The topological polar surface area (TPSA) is 0 Å². The Labute approximate surface area is 173 Å². The third-order valence-corrected chi connectivity index (χ3v) is 54.6. The number of fused-ring (bicyclic) bond motifs is 2. The van der Waals surface area contributed by atoms with E-state index in [2.05, 4.69) is 97.6 Å². The Hall–Kier alpha value is -0.980. The fourth-order valence-corrected chi connectivity index (χ4v) is 57.3. The predicted octanol–water partition coefficient (Wildman–Crippen LogP) is 7.85. The molecule has 147 valence electrons. The van der Waals surface area contributed by atoms with Crippen molar-refractivity contribution >= 4 is 18.1 Å². The van der Waals surface area contributed by atoms with Gasteiger partial charge in [0.05, 0.1) is 0 Å². The molecule has 2 aliphatic rings. The molecule has 0 bridgehead atoms. The summed E-state index contributed by atoms with van der Waals surface area (Å²) in [5, 5.41) is 0. The zero-order valence-electron chi connectivity index (χ0n) is 18.4. The molecule has 2 atom stereocenters. The van der Waals surface area contributed by atoms with Crippen LogP contribution in [0.3, 0.4) is 0 Å². The van der Waals surface area contributed by atoms with Crippen LogP contribution in [0.1, 0.15) is 57.2 Å². The van der Waals surface area contributed by atoms with Crippen molar-refractivity contribution in [2.75, 3.05) is 0 Å². The third kappa shape index (κ3) is 2.71. The SMILES string of the molecule is CC[SiH](CC)[Zr]([CH3])([CH3])([CH]1C(C)=Cc2ccccc21)[CH]1C(C)=Cc2ccccc21. The molecule has 4 rings (SSSR count). The van der Waals surface area contributed by atoms with Gasteiger partial charge in [-0.25, -0.2) is 0 Å². The van der Waals surface area contributed by atoms with Crippen molar-refractivity contribution in [3.63, 3.8) is 0 Å². The summed E-state index contributed by atoms with van der Waals surface area (Å²) in [5.74, 6) is -0.910. The van der Waals surface area contributed by atoms with E-state index in [9.17, 15) is 0 Å². The van der Waals surface area contributed by atoms with Gasteiger partial charge in [-0.15, -0.1) is 0 Å². The van der Waals surface area contributed by atoms with Gasteiger partial charge in [0.25, 0.3) is 0 Å². The molecule has 0 nitrogen and oxygen atoms in total. The summed E-state index contributed by atoms with van der Waals surface area (Å²) in [5.41, 5.74) is 9.56. The van der Waals surface area contributed by atoms with Crippen molar-refractivity contribution in [3.8, 4) is 0 Å². The van der Waals surface area contributed by atoms with Gasteiger partial charge in [0.2, 0.25) is 0 Å². The summed E-state index contributed by atoms with van der Waals surface area (Å²) in [7, 11) is 0. The van der Waals surface area contributed by atoms with E-state index in [0.29, 0.717) is 7.25 Å². The first-order chi connectivity index (χ1) is 13.3. The van der Waals surface area contributed by atoms with Crippen LogP contribution in [0.2, 0.25) is 21.4 Å². The summed E-state index contributed by atoms with van der Waals surface area (Å²) >= 11 is -3.34. The zero-order valence-corrected chi connectivity index (χ0v) is 22.0. The van der Waals surface area contributed by atoms with Crippen molar-refractivity contribution in [1.29, 1.82) is 0 Å². The van der Waals surface area contributed by atoms with E-state index < -0.39 is 23.9 Å². The van der Waals surface area contributed by atoms with Crippen LogP contribution in [0.4, 0.5) is 0 Å². The standard InChI is InChI=1S/2C10H9.C4H11Si.2CH3.Zr/c2*1-8-6-9-4-2-3-5-10(9)7-8;1-3-5-4-2;;;/h2*2-7H,1H3;5H,3-4H2,1-2H3;2*1H3;. The molecule has 2 aliphatic carbocycles. The predicted molar refractivity (Wildman–Crippen MR) is 126 cm³/mol. The van der Waals surface area contributed by atoms with E-state index in [1.807, 2.05) is 0 Å². The minimum absolute atomic E-state index is 0.703. The van der Waals surface area contributed by atoms with E-state index in [1.54, 1.807) is 22.3 Å². The van der Waals surface area contributed by atoms with Crippen LogP contribution in [0, 0.1) is 0 Å². The number of hydrogen-bond donors (Lipinski definition) is 0. The first-order valence-corrected chi connectivity index (χ1v) is 25.3. The molecule has 0 saturated heterocycles. The van der Waals surface area contributed by atoms with Crippen molar-refractivity contribution in [2.24, 2.45) is 0 Å². The molecular weight excluding hydrogens is 432 g/mol. The minimum atomic E-state index is -3.34. The maximum absolute atomic E-state index is 3.34. The molecule has 0 N–H and O–H groups in total. The second-order valence-electron chi connectivity index (χ2n) is 10.1. The van der Waals surface area contributed by atoms with Crippen LogP contribution in [0.15, 0.2) is 59.7 Å². The Bertz CT molecular complexity index is 906. The molecule has 0 radical (unpaired) electrons. The molecule has 2 unspecified atom stereocenters. The van der Waals surface area contributed by atoms with Crippen LogP contribution >= 0.6 is 0 Å². The van der Waals surface area contributed by atoms with Crippen LogP contribution in [0.25, 0.3) is 12.2 Å². The molecule has 2 aromatic carbocycles. The zero-order chi connectivity index (χ0) is 20.1. The average Bonchev–Trinajstić information content (AvgIpc) is 3.18. The van der Waals surface area contributed by atoms with Gasteiger partial charge >= 0.3 is 174 Å². The van der Waals surface area contributed by atoms with Gasteiger partial charge in [0.15, 0.2) is 0 Å². The summed E-state index contributed by atoms with van der Waals surface area (Å²) in [4.78, 5) is 0. The molecule has 28 heavy (non-hydrogen) atoms. The van der Waals surface area contributed by atoms with E-state index in [1.165, 1.54) is 23.2 Å². The Morgan fingerprint density at radius 1 is 0.714 bits per heavy atom. The monoisotopic (exact) mass is 465 g/mol. The average molecular weight is 467 g/mol. The van der Waals surface area contributed by atoms with E-state index in [4.69, 9.17) is 0 Å². The Balaban J connectivity index is 2.02. The van der Waals surface area contributed by atoms with Gasteiger partial charge in [0, 0.05) is 0 Å². The first-order valence-electron chi connectivity index (χ1n) is 11.1. The normalized spacial score (nSPS) is 22.3. The number of benzene rings is 2. The van der Waals surface area contributed by atoms with Crippen molar-refractivity contribution in [3.05, 3.63) is 81.9 Å². The maximum atomic E-state index is 2.87. The fourth-order valence-electron chi connectivity index (χ4n) is 7.59. The van der Waals surface area contributed by atoms with Gasteiger partial charge in [-0.3, -0.25) is 0 Å². The molecular formula is C26H35SiZr. The van der Waals surface area contributed by atoms with Crippen molar-refractivity contribution in [2.45, 2.75) is 56.3 Å². The number of allylic oxidation sites excluding steroid dienone is 2. The molecule has 2 heteroatoms. The fraction of sp³-hybridized carbons (Fsp3) is 0.385. The molecule has 0 aromatic heterocycles. The Morgan fingerprint density at radius 2 is 1.11 bits per heavy atom. The van der Waals surface area contributed by atoms with Gasteiger partial charge in [-0.1, -0.05) is 0 Å². The summed E-state index contributed by atoms with van der Waals surface area (Å²) < 4.78 is 7.15. The molecule has 0 fully saturated rings. The number of hydrogen-bond acceptors (Lipinski definition) is 0.